The number of ketones is 1. The Bertz CT molecular complexity index is 661. The second-order valence-corrected chi connectivity index (χ2v) is 4.72. The molecule has 0 radical (unpaired) electrons. The molecule has 10 heteroatoms. The molecule has 2 rings (SSSR count). The third kappa shape index (κ3) is 2.35. The molecule has 0 fully saturated rings. The first-order valence-electron chi connectivity index (χ1n) is 4.84. The van der Waals surface area contributed by atoms with Gasteiger partial charge < -0.3 is 0 Å². The first-order chi connectivity index (χ1) is 9.12. The lowest BCUT2D eigenvalue weighted by Gasteiger charge is -2.01. The Morgan fingerprint density at radius 1 is 1.00 bits per heavy atom. The number of carbonyl (C=O) groups is 1. The van der Waals surface area contributed by atoms with Crippen LogP contribution in [0.1, 0.15) is 5.01 Å². The normalized spacial score (nSPS) is 12.2. The number of fused-ring (bicyclic) bond motifs is 1. The summed E-state index contributed by atoms with van der Waals surface area (Å²) in [6.07, 6.45) is -6.39. The lowest BCUT2D eigenvalue weighted by atomic mass is 10.2. The molecule has 0 aliphatic heterocycles. The van der Waals surface area contributed by atoms with E-state index >= 15 is 0 Å². The van der Waals surface area contributed by atoms with Crippen molar-refractivity contribution in [3.63, 3.8) is 0 Å². The number of benzene rings is 1. The van der Waals surface area contributed by atoms with Gasteiger partial charge in [-0.25, -0.2) is 22.5 Å². The lowest BCUT2D eigenvalue weighted by Crippen LogP contribution is -2.24. The lowest BCUT2D eigenvalue weighted by molar-refractivity contribution is -0.170. The van der Waals surface area contributed by atoms with E-state index in [9.17, 15) is 35.5 Å². The predicted octanol–water partition coefficient (Wildman–Crippen LogP) is 3.53. The Hall–Kier alpha value is -1.71. The van der Waals surface area contributed by atoms with Crippen LogP contribution in [0.5, 0.6) is 0 Å². The highest BCUT2D eigenvalue weighted by molar-refractivity contribution is 7.18. The summed E-state index contributed by atoms with van der Waals surface area (Å²) in [7, 11) is 0. The summed E-state index contributed by atoms with van der Waals surface area (Å²) in [6, 6.07) is 0. The zero-order valence-electron chi connectivity index (χ0n) is 9.12. The van der Waals surface area contributed by atoms with E-state index in [0.717, 1.165) is 0 Å². The van der Waals surface area contributed by atoms with E-state index in [4.69, 9.17) is 0 Å². The molecule has 108 valence electrons. The highest BCUT2D eigenvalue weighted by Gasteiger charge is 2.38. The van der Waals surface area contributed by atoms with Gasteiger partial charge in [0.15, 0.2) is 23.3 Å². The zero-order valence-corrected chi connectivity index (χ0v) is 9.93. The van der Waals surface area contributed by atoms with Crippen LogP contribution in [-0.2, 0) is 11.2 Å². The Balaban J connectivity index is 2.53. The molecule has 20 heavy (non-hydrogen) atoms. The molecular weight excluding hydrogens is 315 g/mol. The second-order valence-electron chi connectivity index (χ2n) is 3.64. The Morgan fingerprint density at radius 3 is 2.10 bits per heavy atom. The van der Waals surface area contributed by atoms with Crippen molar-refractivity contribution in [2.75, 3.05) is 0 Å². The van der Waals surface area contributed by atoms with Crippen molar-refractivity contribution in [3.05, 3.63) is 28.3 Å². The molecule has 0 aliphatic rings. The summed E-state index contributed by atoms with van der Waals surface area (Å²) in [5.41, 5.74) is -0.948. The molecule has 1 heterocycles. The maximum Gasteiger partial charge on any atom is 0.450 e. The summed E-state index contributed by atoms with van der Waals surface area (Å²) in [6.45, 7) is 0. The average Bonchev–Trinajstić information content (AvgIpc) is 2.76. The third-order valence-corrected chi connectivity index (χ3v) is 3.33. The van der Waals surface area contributed by atoms with Gasteiger partial charge in [0.1, 0.15) is 10.5 Å². The van der Waals surface area contributed by atoms with E-state index in [0.29, 0.717) is 0 Å². The van der Waals surface area contributed by atoms with Crippen LogP contribution < -0.4 is 0 Å². The van der Waals surface area contributed by atoms with E-state index in [2.05, 4.69) is 4.98 Å². The quantitative estimate of drug-likeness (QED) is 0.482. The van der Waals surface area contributed by atoms with Crippen LogP contribution in [0.15, 0.2) is 0 Å². The fourth-order valence-electron chi connectivity index (χ4n) is 1.37. The molecule has 0 N–H and O–H groups in total. The molecule has 2 aromatic rings. The van der Waals surface area contributed by atoms with Gasteiger partial charge >= 0.3 is 6.18 Å². The summed E-state index contributed by atoms with van der Waals surface area (Å²) in [5, 5.41) is -0.592. The van der Waals surface area contributed by atoms with Gasteiger partial charge in [0.05, 0.1) is 11.1 Å². The fourth-order valence-corrected chi connectivity index (χ4v) is 2.36. The van der Waals surface area contributed by atoms with E-state index in [1.165, 1.54) is 0 Å². The van der Waals surface area contributed by atoms with Gasteiger partial charge in [-0.05, 0) is 0 Å². The number of hydrogen-bond acceptors (Lipinski definition) is 3. The van der Waals surface area contributed by atoms with Crippen LogP contribution in [-0.4, -0.2) is 16.9 Å². The highest BCUT2D eigenvalue weighted by Crippen LogP contribution is 2.32. The van der Waals surface area contributed by atoms with Crippen molar-refractivity contribution in [1.82, 2.24) is 4.98 Å². The molecule has 1 aromatic carbocycles. The van der Waals surface area contributed by atoms with Crippen molar-refractivity contribution in [2.45, 2.75) is 12.6 Å². The van der Waals surface area contributed by atoms with Crippen molar-refractivity contribution in [1.29, 1.82) is 0 Å². The van der Waals surface area contributed by atoms with Gasteiger partial charge in [0, 0.05) is 0 Å². The van der Waals surface area contributed by atoms with Gasteiger partial charge in [0.2, 0.25) is 5.78 Å². The monoisotopic (exact) mass is 317 g/mol. The maximum atomic E-state index is 13.3. The van der Waals surface area contributed by atoms with Crippen LogP contribution in [0.3, 0.4) is 0 Å². The van der Waals surface area contributed by atoms with Crippen molar-refractivity contribution >= 4 is 27.3 Å². The number of alkyl halides is 3. The van der Waals surface area contributed by atoms with Crippen LogP contribution in [0.2, 0.25) is 0 Å². The van der Waals surface area contributed by atoms with Gasteiger partial charge in [-0.15, -0.1) is 11.3 Å². The predicted molar refractivity (Wildman–Crippen MR) is 54.2 cm³/mol. The minimum atomic E-state index is -5.13. The molecule has 0 bridgehead atoms. The molecule has 0 spiro atoms. The van der Waals surface area contributed by atoms with E-state index in [-0.39, 0.29) is 11.3 Å². The molecule has 2 nitrogen and oxygen atoms in total. The molecular formula is C10H2F7NOS. The van der Waals surface area contributed by atoms with Crippen molar-refractivity contribution < 1.29 is 35.5 Å². The number of Topliss-reactive ketones (excluding diaryl/α,β-unsaturated/α-hetero) is 1. The average molecular weight is 317 g/mol. The van der Waals surface area contributed by atoms with E-state index in [1.807, 2.05) is 0 Å². The van der Waals surface area contributed by atoms with Gasteiger partial charge in [-0.3, -0.25) is 4.79 Å². The largest absolute Gasteiger partial charge is 0.450 e. The Labute approximate surface area is 109 Å². The summed E-state index contributed by atoms with van der Waals surface area (Å²) in [4.78, 5) is 13.9. The number of rotatable bonds is 2. The summed E-state index contributed by atoms with van der Waals surface area (Å²) < 4.78 is 87.7. The fraction of sp³-hybridized carbons (Fsp3) is 0.200. The molecule has 0 aliphatic carbocycles. The molecule has 1 aromatic heterocycles. The first-order valence-corrected chi connectivity index (χ1v) is 5.66. The third-order valence-electron chi connectivity index (χ3n) is 2.28. The summed E-state index contributed by atoms with van der Waals surface area (Å²) >= 11 is 0.152. The van der Waals surface area contributed by atoms with Crippen molar-refractivity contribution in [3.8, 4) is 0 Å². The Morgan fingerprint density at radius 2 is 1.55 bits per heavy atom. The van der Waals surface area contributed by atoms with Gasteiger partial charge in [-0.2, -0.15) is 13.2 Å². The standard InChI is InChI=1S/C10H2F7NOS/c11-4-5(12)7(14)9-8(6(4)13)18-3(20-9)1-2(19)10(15,16)17/h1H2. The minimum absolute atomic E-state index is 0.152. The molecule has 0 unspecified atom stereocenters. The van der Waals surface area contributed by atoms with E-state index in [1.54, 1.807) is 0 Å². The molecule has 0 amide bonds. The van der Waals surface area contributed by atoms with E-state index < -0.39 is 56.9 Å². The van der Waals surface area contributed by atoms with Gasteiger partial charge in [-0.1, -0.05) is 0 Å². The number of hydrogen-bond donors (Lipinski definition) is 0. The number of halogens is 7. The Kier molecular flexibility index (Phi) is 3.44. The van der Waals surface area contributed by atoms with Crippen LogP contribution >= 0.6 is 11.3 Å². The van der Waals surface area contributed by atoms with Crippen LogP contribution in [0.25, 0.3) is 10.2 Å². The zero-order chi connectivity index (χ0) is 15.2. The number of aromatic nitrogens is 1. The number of carbonyl (C=O) groups excluding carboxylic acids is 1. The minimum Gasteiger partial charge on any atom is -0.289 e. The molecule has 0 saturated carbocycles. The summed E-state index contributed by atoms with van der Waals surface area (Å²) in [5.74, 6) is -9.97. The second kappa shape index (κ2) is 4.69. The topological polar surface area (TPSA) is 30.0 Å². The smallest absolute Gasteiger partial charge is 0.289 e. The van der Waals surface area contributed by atoms with Crippen LogP contribution in [0, 0.1) is 23.3 Å². The van der Waals surface area contributed by atoms with Crippen LogP contribution in [0.4, 0.5) is 30.7 Å². The number of thiazole rings is 1. The SMILES string of the molecule is O=C(Cc1nc2c(F)c(F)c(F)c(F)c2s1)C(F)(F)F. The number of nitrogens with zero attached hydrogens (tertiary/aromatic N) is 1. The molecule has 0 saturated heterocycles. The van der Waals surface area contributed by atoms with Gasteiger partial charge in [0.25, 0.3) is 0 Å². The first kappa shape index (κ1) is 14.7. The maximum absolute atomic E-state index is 13.3. The van der Waals surface area contributed by atoms with Crippen molar-refractivity contribution in [2.24, 2.45) is 0 Å². The highest BCUT2D eigenvalue weighted by atomic mass is 32.1. The molecule has 0 atom stereocenters.